The van der Waals surface area contributed by atoms with Gasteiger partial charge in [0.15, 0.2) is 5.78 Å². The van der Waals surface area contributed by atoms with Gasteiger partial charge >= 0.3 is 0 Å². The lowest BCUT2D eigenvalue weighted by Gasteiger charge is -2.05. The van der Waals surface area contributed by atoms with Gasteiger partial charge in [-0.15, -0.1) is 10.2 Å². The first-order valence-corrected chi connectivity index (χ1v) is 9.13. The van der Waals surface area contributed by atoms with E-state index >= 15 is 0 Å². The van der Waals surface area contributed by atoms with Crippen molar-refractivity contribution in [3.05, 3.63) is 72.0 Å². The monoisotopic (exact) mass is 368 g/mol. The Labute approximate surface area is 155 Å². The van der Waals surface area contributed by atoms with Gasteiger partial charge in [-0.2, -0.15) is 0 Å². The van der Waals surface area contributed by atoms with Crippen molar-refractivity contribution >= 4 is 17.5 Å². The van der Waals surface area contributed by atoms with E-state index in [1.165, 1.54) is 36.0 Å². The summed E-state index contributed by atoms with van der Waals surface area (Å²) < 4.78 is 18.3. The van der Waals surface area contributed by atoms with E-state index in [2.05, 4.69) is 10.2 Å². The van der Waals surface area contributed by atoms with Crippen molar-refractivity contribution in [2.45, 2.75) is 11.9 Å². The summed E-state index contributed by atoms with van der Waals surface area (Å²) in [4.78, 5) is 12.1. The Kier molecular flexibility index (Phi) is 5.96. The van der Waals surface area contributed by atoms with Gasteiger partial charge < -0.3 is 4.74 Å². The second-order valence-electron chi connectivity index (χ2n) is 5.43. The van der Waals surface area contributed by atoms with E-state index in [1.54, 1.807) is 0 Å². The quantitative estimate of drug-likeness (QED) is 0.449. The molecule has 2 aromatic carbocycles. The zero-order chi connectivity index (χ0) is 18.4. The SMILES string of the molecule is CCOc1ccc(-c2ccc(SCC(=O)c3ccc(F)cc3)nn2)cc1. The highest BCUT2D eigenvalue weighted by atomic mass is 32.2. The molecule has 3 aromatic rings. The fourth-order valence-electron chi connectivity index (χ4n) is 2.30. The number of halogens is 1. The number of carbonyl (C=O) groups is 1. The Balaban J connectivity index is 1.60. The third-order valence-electron chi connectivity index (χ3n) is 3.62. The minimum Gasteiger partial charge on any atom is -0.494 e. The molecule has 132 valence electrons. The van der Waals surface area contributed by atoms with Crippen LogP contribution in [-0.4, -0.2) is 28.3 Å². The fraction of sp³-hybridized carbons (Fsp3) is 0.150. The number of Topliss-reactive ketones (excluding diaryl/α,β-unsaturated/α-hetero) is 1. The summed E-state index contributed by atoms with van der Waals surface area (Å²) in [7, 11) is 0. The van der Waals surface area contributed by atoms with Gasteiger partial charge in [0.25, 0.3) is 0 Å². The molecule has 0 saturated carbocycles. The third kappa shape index (κ3) is 4.67. The molecule has 0 N–H and O–H groups in total. The Morgan fingerprint density at radius 3 is 2.35 bits per heavy atom. The first kappa shape index (κ1) is 18.1. The van der Waals surface area contributed by atoms with Gasteiger partial charge in [0, 0.05) is 11.1 Å². The topological polar surface area (TPSA) is 52.1 Å². The first-order chi connectivity index (χ1) is 12.7. The molecule has 0 aliphatic heterocycles. The van der Waals surface area contributed by atoms with Crippen LogP contribution in [0.4, 0.5) is 4.39 Å². The maximum absolute atomic E-state index is 12.9. The molecule has 3 rings (SSSR count). The van der Waals surface area contributed by atoms with E-state index in [0.29, 0.717) is 17.2 Å². The highest BCUT2D eigenvalue weighted by Gasteiger charge is 2.08. The highest BCUT2D eigenvalue weighted by molar-refractivity contribution is 7.99. The largest absolute Gasteiger partial charge is 0.494 e. The highest BCUT2D eigenvalue weighted by Crippen LogP contribution is 2.22. The average molecular weight is 368 g/mol. The first-order valence-electron chi connectivity index (χ1n) is 8.14. The van der Waals surface area contributed by atoms with Gasteiger partial charge in [0.2, 0.25) is 0 Å². The van der Waals surface area contributed by atoms with Crippen LogP contribution in [-0.2, 0) is 0 Å². The molecule has 4 nitrogen and oxygen atoms in total. The number of ketones is 1. The van der Waals surface area contributed by atoms with Crippen LogP contribution in [0.25, 0.3) is 11.3 Å². The predicted molar refractivity (Wildman–Crippen MR) is 100 cm³/mol. The third-order valence-corrected chi connectivity index (χ3v) is 4.54. The minimum atomic E-state index is -0.357. The number of ether oxygens (including phenoxy) is 1. The van der Waals surface area contributed by atoms with E-state index in [1.807, 2.05) is 43.3 Å². The van der Waals surface area contributed by atoms with Crippen molar-refractivity contribution in [3.8, 4) is 17.0 Å². The summed E-state index contributed by atoms with van der Waals surface area (Å²) >= 11 is 1.30. The predicted octanol–water partition coefficient (Wildman–Crippen LogP) is 4.66. The molecule has 0 amide bonds. The molecule has 0 fully saturated rings. The summed E-state index contributed by atoms with van der Waals surface area (Å²) in [5.41, 5.74) is 2.18. The van der Waals surface area contributed by atoms with Crippen molar-refractivity contribution in [2.24, 2.45) is 0 Å². The zero-order valence-electron chi connectivity index (χ0n) is 14.2. The molecule has 0 saturated heterocycles. The van der Waals surface area contributed by atoms with Gasteiger partial charge in [-0.05, 0) is 67.6 Å². The normalized spacial score (nSPS) is 10.5. The number of hydrogen-bond acceptors (Lipinski definition) is 5. The number of nitrogens with zero attached hydrogens (tertiary/aromatic N) is 2. The van der Waals surface area contributed by atoms with Crippen LogP contribution in [0.5, 0.6) is 5.75 Å². The Bertz CT molecular complexity index is 866. The lowest BCUT2D eigenvalue weighted by molar-refractivity contribution is 0.102. The molecule has 6 heteroatoms. The van der Waals surface area contributed by atoms with Crippen molar-refractivity contribution < 1.29 is 13.9 Å². The van der Waals surface area contributed by atoms with Gasteiger partial charge in [0.05, 0.1) is 18.1 Å². The molecule has 26 heavy (non-hydrogen) atoms. The Hall–Kier alpha value is -2.73. The number of aromatic nitrogens is 2. The van der Waals surface area contributed by atoms with Crippen molar-refractivity contribution in [1.29, 1.82) is 0 Å². The molecule has 0 unspecified atom stereocenters. The van der Waals surface area contributed by atoms with Crippen LogP contribution in [0.15, 0.2) is 65.7 Å². The molecule has 1 aromatic heterocycles. The molecule has 0 aliphatic carbocycles. The zero-order valence-corrected chi connectivity index (χ0v) is 15.0. The summed E-state index contributed by atoms with van der Waals surface area (Å²) in [6, 6.07) is 16.9. The van der Waals surface area contributed by atoms with Crippen LogP contribution in [0, 0.1) is 5.82 Å². The maximum Gasteiger partial charge on any atom is 0.173 e. The second-order valence-corrected chi connectivity index (χ2v) is 6.43. The summed E-state index contributed by atoms with van der Waals surface area (Å²) in [6.45, 7) is 2.57. The Morgan fingerprint density at radius 2 is 1.73 bits per heavy atom. The smallest absolute Gasteiger partial charge is 0.173 e. The van der Waals surface area contributed by atoms with Crippen LogP contribution >= 0.6 is 11.8 Å². The van der Waals surface area contributed by atoms with Crippen LogP contribution in [0.1, 0.15) is 17.3 Å². The number of hydrogen-bond donors (Lipinski definition) is 0. The summed E-state index contributed by atoms with van der Waals surface area (Å²) in [5.74, 6) is 0.607. The number of rotatable bonds is 7. The van der Waals surface area contributed by atoms with Crippen molar-refractivity contribution in [3.63, 3.8) is 0 Å². The van der Waals surface area contributed by atoms with Crippen LogP contribution in [0.3, 0.4) is 0 Å². The van der Waals surface area contributed by atoms with E-state index in [4.69, 9.17) is 4.74 Å². The molecule has 0 bridgehead atoms. The van der Waals surface area contributed by atoms with E-state index in [9.17, 15) is 9.18 Å². The van der Waals surface area contributed by atoms with E-state index < -0.39 is 0 Å². The van der Waals surface area contributed by atoms with Gasteiger partial charge in [-0.3, -0.25) is 4.79 Å². The molecule has 0 atom stereocenters. The maximum atomic E-state index is 12.9. The van der Waals surface area contributed by atoms with Gasteiger partial charge in [0.1, 0.15) is 16.6 Å². The van der Waals surface area contributed by atoms with Crippen LogP contribution < -0.4 is 4.74 Å². The average Bonchev–Trinajstić information content (AvgIpc) is 2.68. The van der Waals surface area contributed by atoms with Gasteiger partial charge in [-0.1, -0.05) is 11.8 Å². The molecular weight excluding hydrogens is 351 g/mol. The molecule has 0 spiro atoms. The van der Waals surface area contributed by atoms with E-state index in [0.717, 1.165) is 17.0 Å². The summed E-state index contributed by atoms with van der Waals surface area (Å²) in [6.07, 6.45) is 0. The Morgan fingerprint density at radius 1 is 1.00 bits per heavy atom. The van der Waals surface area contributed by atoms with E-state index in [-0.39, 0.29) is 17.4 Å². The van der Waals surface area contributed by atoms with Crippen LogP contribution in [0.2, 0.25) is 0 Å². The van der Waals surface area contributed by atoms with Crippen molar-refractivity contribution in [1.82, 2.24) is 10.2 Å². The second kappa shape index (κ2) is 8.58. The lowest BCUT2D eigenvalue weighted by Crippen LogP contribution is -2.02. The fourth-order valence-corrected chi connectivity index (χ4v) is 3.01. The number of benzene rings is 2. The molecule has 0 radical (unpaired) electrons. The minimum absolute atomic E-state index is 0.0765. The molecule has 0 aliphatic rings. The molecular formula is C20H17FN2O2S. The molecule has 1 heterocycles. The number of carbonyl (C=O) groups excluding carboxylic acids is 1. The van der Waals surface area contributed by atoms with Crippen molar-refractivity contribution in [2.75, 3.05) is 12.4 Å². The standard InChI is InChI=1S/C20H17FN2O2S/c1-2-25-17-9-5-14(6-10-17)18-11-12-20(23-22-18)26-13-19(24)15-3-7-16(21)8-4-15/h3-12H,2,13H2,1H3. The number of thioether (sulfide) groups is 1. The summed E-state index contributed by atoms with van der Waals surface area (Å²) in [5, 5.41) is 9.04. The lowest BCUT2D eigenvalue weighted by atomic mass is 10.1. The van der Waals surface area contributed by atoms with Gasteiger partial charge in [-0.25, -0.2) is 4.39 Å².